The van der Waals surface area contributed by atoms with Crippen LogP contribution in [-0.2, 0) is 6.54 Å². The molecule has 5 nitrogen and oxygen atoms in total. The number of aromatic nitrogens is 1. The molecule has 0 spiro atoms. The maximum Gasteiger partial charge on any atom is 0.317 e. The Morgan fingerprint density at radius 3 is 2.54 bits per heavy atom. The van der Waals surface area contributed by atoms with Crippen LogP contribution in [-0.4, -0.2) is 53.0 Å². The average Bonchev–Trinajstić information content (AvgIpc) is 3.18. The van der Waals surface area contributed by atoms with E-state index in [2.05, 4.69) is 15.6 Å². The van der Waals surface area contributed by atoms with Crippen LogP contribution < -0.4 is 5.32 Å². The Kier molecular flexibility index (Phi) is 6.50. The predicted molar refractivity (Wildman–Crippen MR) is 115 cm³/mol. The standard InChI is InChI=1S/C21H27ClN4OS/c22-17-8-6-16(7-9-17)19-15-28-20(24-19)14-25-10-12-26(13-11-25)21(27)23-18-4-2-1-3-5-18/h6-9,15,18H,1-5,10-14H2,(H,23,27). The van der Waals surface area contributed by atoms with Gasteiger partial charge in [0.2, 0.25) is 0 Å². The maximum atomic E-state index is 12.5. The number of hydrogen-bond acceptors (Lipinski definition) is 4. The van der Waals surface area contributed by atoms with E-state index in [1.165, 1.54) is 19.3 Å². The first-order valence-corrected chi connectivity index (χ1v) is 11.4. The molecule has 7 heteroatoms. The van der Waals surface area contributed by atoms with Crippen LogP contribution >= 0.6 is 22.9 Å². The van der Waals surface area contributed by atoms with Crippen molar-refractivity contribution in [3.05, 3.63) is 39.7 Å². The fourth-order valence-electron chi connectivity index (χ4n) is 3.95. The number of carbonyl (C=O) groups is 1. The lowest BCUT2D eigenvalue weighted by Gasteiger charge is -2.35. The molecular formula is C21H27ClN4OS. The first kappa shape index (κ1) is 19.7. The van der Waals surface area contributed by atoms with Gasteiger partial charge in [0.25, 0.3) is 0 Å². The van der Waals surface area contributed by atoms with Crippen LogP contribution in [0, 0.1) is 0 Å². The van der Waals surface area contributed by atoms with Crippen molar-refractivity contribution in [2.24, 2.45) is 0 Å². The van der Waals surface area contributed by atoms with Gasteiger partial charge in [-0.2, -0.15) is 0 Å². The van der Waals surface area contributed by atoms with Gasteiger partial charge in [-0.1, -0.05) is 43.0 Å². The van der Waals surface area contributed by atoms with E-state index in [0.717, 1.165) is 66.9 Å². The average molecular weight is 419 g/mol. The number of piperazine rings is 1. The van der Waals surface area contributed by atoms with Gasteiger partial charge in [0.1, 0.15) is 5.01 Å². The number of rotatable bonds is 4. The van der Waals surface area contributed by atoms with Crippen molar-refractivity contribution in [3.63, 3.8) is 0 Å². The number of carbonyl (C=O) groups excluding carboxylic acids is 1. The highest BCUT2D eigenvalue weighted by Gasteiger charge is 2.24. The van der Waals surface area contributed by atoms with E-state index in [4.69, 9.17) is 16.6 Å². The number of amides is 2. The molecule has 150 valence electrons. The smallest absolute Gasteiger partial charge is 0.317 e. The summed E-state index contributed by atoms with van der Waals surface area (Å²) in [6, 6.07) is 8.29. The van der Waals surface area contributed by atoms with E-state index < -0.39 is 0 Å². The molecule has 0 atom stereocenters. The number of urea groups is 1. The van der Waals surface area contributed by atoms with Gasteiger partial charge in [-0.15, -0.1) is 11.3 Å². The number of nitrogens with one attached hydrogen (secondary N) is 1. The molecule has 0 bridgehead atoms. The molecule has 0 radical (unpaired) electrons. The lowest BCUT2D eigenvalue weighted by Crippen LogP contribution is -2.53. The van der Waals surface area contributed by atoms with E-state index in [9.17, 15) is 4.79 Å². The third-order valence-corrected chi connectivity index (χ3v) is 6.73. The Bertz CT molecular complexity index is 780. The van der Waals surface area contributed by atoms with Crippen molar-refractivity contribution >= 4 is 29.0 Å². The van der Waals surface area contributed by atoms with Crippen LogP contribution in [0.2, 0.25) is 5.02 Å². The lowest BCUT2D eigenvalue weighted by molar-refractivity contribution is 0.132. The quantitative estimate of drug-likeness (QED) is 0.787. The molecule has 2 aromatic rings. The lowest BCUT2D eigenvalue weighted by atomic mass is 9.96. The minimum Gasteiger partial charge on any atom is -0.335 e. The predicted octanol–water partition coefficient (Wildman–Crippen LogP) is 4.62. The van der Waals surface area contributed by atoms with Crippen molar-refractivity contribution in [3.8, 4) is 11.3 Å². The Labute approximate surface area is 175 Å². The molecular weight excluding hydrogens is 392 g/mol. The number of hydrogen-bond donors (Lipinski definition) is 1. The van der Waals surface area contributed by atoms with Crippen LogP contribution in [0.15, 0.2) is 29.6 Å². The topological polar surface area (TPSA) is 48.5 Å². The normalized spacial score (nSPS) is 19.0. The highest BCUT2D eigenvalue weighted by Crippen LogP contribution is 2.24. The summed E-state index contributed by atoms with van der Waals surface area (Å²) in [5.74, 6) is 0. The molecule has 2 aliphatic rings. The van der Waals surface area contributed by atoms with Crippen molar-refractivity contribution in [2.45, 2.75) is 44.7 Å². The van der Waals surface area contributed by atoms with E-state index in [-0.39, 0.29) is 6.03 Å². The molecule has 1 aliphatic heterocycles. The molecule has 2 heterocycles. The number of nitrogens with zero attached hydrogens (tertiary/aromatic N) is 3. The molecule has 1 saturated heterocycles. The summed E-state index contributed by atoms with van der Waals surface area (Å²) in [5.41, 5.74) is 2.10. The maximum absolute atomic E-state index is 12.5. The zero-order chi connectivity index (χ0) is 19.3. The van der Waals surface area contributed by atoms with Gasteiger partial charge < -0.3 is 10.2 Å². The second-order valence-corrected chi connectivity index (χ2v) is 9.06. The van der Waals surface area contributed by atoms with E-state index in [0.29, 0.717) is 6.04 Å². The van der Waals surface area contributed by atoms with Crippen molar-refractivity contribution in [2.75, 3.05) is 26.2 Å². The van der Waals surface area contributed by atoms with Gasteiger partial charge in [-0.25, -0.2) is 9.78 Å². The fraction of sp³-hybridized carbons (Fsp3) is 0.524. The molecule has 0 unspecified atom stereocenters. The summed E-state index contributed by atoms with van der Waals surface area (Å²) >= 11 is 7.66. The molecule has 2 fully saturated rings. The SMILES string of the molecule is O=C(NC1CCCCC1)N1CCN(Cc2nc(-c3ccc(Cl)cc3)cs2)CC1. The molecule has 28 heavy (non-hydrogen) atoms. The first-order valence-electron chi connectivity index (χ1n) is 10.2. The van der Waals surface area contributed by atoms with Crippen LogP contribution in [0.5, 0.6) is 0 Å². The largest absolute Gasteiger partial charge is 0.335 e. The Morgan fingerprint density at radius 1 is 1.11 bits per heavy atom. The Morgan fingerprint density at radius 2 is 1.82 bits per heavy atom. The van der Waals surface area contributed by atoms with Gasteiger partial charge in [0, 0.05) is 48.2 Å². The van der Waals surface area contributed by atoms with E-state index in [1.54, 1.807) is 11.3 Å². The summed E-state index contributed by atoms with van der Waals surface area (Å²) in [6.45, 7) is 4.21. The number of halogens is 1. The second kappa shape index (κ2) is 9.25. The Hall–Kier alpha value is -1.63. The van der Waals surface area contributed by atoms with Gasteiger partial charge in [0.15, 0.2) is 0 Å². The summed E-state index contributed by atoms with van der Waals surface area (Å²) in [6.07, 6.45) is 6.05. The van der Waals surface area contributed by atoms with Crippen LogP contribution in [0.25, 0.3) is 11.3 Å². The molecule has 1 aliphatic carbocycles. The number of benzene rings is 1. The molecule has 1 saturated carbocycles. The highest BCUT2D eigenvalue weighted by atomic mass is 35.5. The van der Waals surface area contributed by atoms with Gasteiger partial charge in [0.05, 0.1) is 12.2 Å². The second-order valence-electron chi connectivity index (χ2n) is 7.68. The van der Waals surface area contributed by atoms with Gasteiger partial charge >= 0.3 is 6.03 Å². The summed E-state index contributed by atoms with van der Waals surface area (Å²) in [4.78, 5) is 21.6. The van der Waals surface area contributed by atoms with Crippen molar-refractivity contribution in [1.82, 2.24) is 20.1 Å². The highest BCUT2D eigenvalue weighted by molar-refractivity contribution is 7.09. The van der Waals surface area contributed by atoms with E-state index in [1.807, 2.05) is 29.2 Å². The first-order chi connectivity index (χ1) is 13.7. The van der Waals surface area contributed by atoms with Crippen LogP contribution in [0.1, 0.15) is 37.1 Å². The van der Waals surface area contributed by atoms with Crippen LogP contribution in [0.3, 0.4) is 0 Å². The zero-order valence-electron chi connectivity index (χ0n) is 16.1. The summed E-state index contributed by atoms with van der Waals surface area (Å²) < 4.78 is 0. The minimum atomic E-state index is 0.117. The van der Waals surface area contributed by atoms with Crippen LogP contribution in [0.4, 0.5) is 4.79 Å². The third-order valence-electron chi connectivity index (χ3n) is 5.64. The molecule has 1 aromatic carbocycles. The molecule has 1 N–H and O–H groups in total. The third kappa shape index (κ3) is 5.04. The summed E-state index contributed by atoms with van der Waals surface area (Å²) in [5, 5.41) is 7.19. The monoisotopic (exact) mass is 418 g/mol. The fourth-order valence-corrected chi connectivity index (χ4v) is 4.92. The summed E-state index contributed by atoms with van der Waals surface area (Å²) in [7, 11) is 0. The molecule has 4 rings (SSSR count). The van der Waals surface area contributed by atoms with Crippen molar-refractivity contribution < 1.29 is 4.79 Å². The molecule has 1 aromatic heterocycles. The minimum absolute atomic E-state index is 0.117. The van der Waals surface area contributed by atoms with Gasteiger partial charge in [-0.05, 0) is 25.0 Å². The van der Waals surface area contributed by atoms with Gasteiger partial charge in [-0.3, -0.25) is 4.90 Å². The van der Waals surface area contributed by atoms with E-state index >= 15 is 0 Å². The zero-order valence-corrected chi connectivity index (χ0v) is 17.6. The Balaban J connectivity index is 1.25. The molecule has 2 amide bonds. The number of thiazole rings is 1. The van der Waals surface area contributed by atoms with Crippen molar-refractivity contribution in [1.29, 1.82) is 0 Å².